The third-order valence-corrected chi connectivity index (χ3v) is 7.40. The van der Waals surface area contributed by atoms with Crippen molar-refractivity contribution >= 4 is 28.3 Å². The first-order valence-electron chi connectivity index (χ1n) is 10.1. The van der Waals surface area contributed by atoms with Crippen LogP contribution in [0.1, 0.15) is 47.1 Å². The minimum Gasteiger partial charge on any atom is -0.489 e. The quantitative estimate of drug-likeness (QED) is 0.677. The molecular weight excluding hydrogens is 401 g/mol. The van der Waals surface area contributed by atoms with E-state index in [9.17, 15) is 8.42 Å². The minimum atomic E-state index is -3.48. The first-order chi connectivity index (χ1) is 13.9. The highest BCUT2D eigenvalue weighted by Gasteiger charge is 2.52. The van der Waals surface area contributed by atoms with E-state index in [4.69, 9.17) is 14.0 Å². The Hall–Kier alpha value is -2.03. The van der Waals surface area contributed by atoms with Crippen molar-refractivity contribution in [3.8, 4) is 5.75 Å². The smallest absolute Gasteiger partial charge is 0.489 e. The Morgan fingerprint density at radius 1 is 1.00 bits per heavy atom. The van der Waals surface area contributed by atoms with Crippen LogP contribution in [0.15, 0.2) is 48.5 Å². The second kappa shape index (κ2) is 8.25. The summed E-state index contributed by atoms with van der Waals surface area (Å²) in [5.74, 6) is 0.588. The molecule has 0 bridgehead atoms. The van der Waals surface area contributed by atoms with Crippen molar-refractivity contribution in [1.82, 2.24) is 0 Å². The summed E-state index contributed by atoms with van der Waals surface area (Å²) in [4.78, 5) is 0. The summed E-state index contributed by atoms with van der Waals surface area (Å²) in [6.45, 7) is 11.5. The van der Waals surface area contributed by atoms with Crippen molar-refractivity contribution in [2.24, 2.45) is 0 Å². The number of sulfonamides is 1. The molecule has 0 unspecified atom stereocenters. The Labute approximate surface area is 180 Å². The predicted octanol–water partition coefficient (Wildman–Crippen LogP) is 3.71. The van der Waals surface area contributed by atoms with Crippen LogP contribution in [-0.2, 0) is 25.9 Å². The third kappa shape index (κ3) is 4.82. The monoisotopic (exact) mass is 431 g/mol. The van der Waals surface area contributed by atoms with Gasteiger partial charge >= 0.3 is 7.12 Å². The predicted molar refractivity (Wildman–Crippen MR) is 121 cm³/mol. The van der Waals surface area contributed by atoms with E-state index in [-0.39, 0.29) is 0 Å². The molecule has 1 aliphatic rings. The molecule has 2 aromatic carbocycles. The Morgan fingerprint density at radius 2 is 1.60 bits per heavy atom. The number of hydrogen-bond acceptors (Lipinski definition) is 5. The third-order valence-electron chi connectivity index (χ3n) is 5.63. The van der Waals surface area contributed by atoms with Crippen LogP contribution in [0, 0.1) is 0 Å². The van der Waals surface area contributed by atoms with Crippen LogP contribution < -0.4 is 14.9 Å². The second-order valence-corrected chi connectivity index (χ2v) is 11.0. The lowest BCUT2D eigenvalue weighted by Gasteiger charge is -2.32. The highest BCUT2D eigenvalue weighted by molar-refractivity contribution is 7.93. The van der Waals surface area contributed by atoms with Gasteiger partial charge in [0.1, 0.15) is 12.4 Å². The van der Waals surface area contributed by atoms with Crippen LogP contribution in [0.25, 0.3) is 0 Å². The summed E-state index contributed by atoms with van der Waals surface area (Å²) in [6, 6.07) is 15.0. The molecule has 2 aromatic rings. The van der Waals surface area contributed by atoms with Crippen molar-refractivity contribution in [3.05, 3.63) is 54.1 Å². The Balaban J connectivity index is 1.93. The van der Waals surface area contributed by atoms with E-state index in [0.29, 0.717) is 23.5 Å². The van der Waals surface area contributed by atoms with Crippen molar-refractivity contribution in [2.75, 3.05) is 4.72 Å². The summed E-state index contributed by atoms with van der Waals surface area (Å²) < 4.78 is 45.7. The molecule has 1 N–H and O–H groups in total. The average molecular weight is 431 g/mol. The van der Waals surface area contributed by atoms with E-state index in [1.807, 2.05) is 58.0 Å². The van der Waals surface area contributed by atoms with E-state index >= 15 is 0 Å². The first kappa shape index (κ1) is 22.7. The van der Waals surface area contributed by atoms with Gasteiger partial charge < -0.3 is 14.0 Å². The summed E-state index contributed by atoms with van der Waals surface area (Å²) >= 11 is 0. The molecule has 162 valence electrons. The molecule has 0 aliphatic carbocycles. The summed E-state index contributed by atoms with van der Waals surface area (Å²) in [6.07, 6.45) is 0. The minimum absolute atomic E-state index is 0.379. The van der Waals surface area contributed by atoms with Gasteiger partial charge in [0.2, 0.25) is 10.0 Å². The summed E-state index contributed by atoms with van der Waals surface area (Å²) in [7, 11) is -4.15. The van der Waals surface area contributed by atoms with Gasteiger partial charge in [-0.2, -0.15) is 0 Å². The van der Waals surface area contributed by atoms with E-state index in [1.54, 1.807) is 32.0 Å². The molecule has 3 rings (SSSR count). The van der Waals surface area contributed by atoms with Crippen molar-refractivity contribution in [1.29, 1.82) is 0 Å². The largest absolute Gasteiger partial charge is 0.498 e. The van der Waals surface area contributed by atoms with Crippen molar-refractivity contribution in [2.45, 2.75) is 64.6 Å². The molecule has 6 nitrogen and oxygen atoms in total. The lowest BCUT2D eigenvalue weighted by molar-refractivity contribution is 0.00578. The van der Waals surface area contributed by atoms with Crippen LogP contribution in [0.4, 0.5) is 5.69 Å². The molecule has 0 amide bonds. The number of ether oxygens (including phenoxy) is 1. The molecule has 0 radical (unpaired) electrons. The highest BCUT2D eigenvalue weighted by Crippen LogP contribution is 2.37. The lowest BCUT2D eigenvalue weighted by atomic mass is 9.78. The standard InChI is InChI=1S/C22H30BNO5S/c1-16(2)30(25,26)24-18-12-13-20(27-15-17-10-8-7-9-11-17)19(14-18)23-28-21(3,4)22(5,6)29-23/h7-14,16,24H,15H2,1-6H3. The van der Waals surface area contributed by atoms with Gasteiger partial charge in [0.15, 0.2) is 0 Å². The second-order valence-electron chi connectivity index (χ2n) is 8.81. The fourth-order valence-electron chi connectivity index (χ4n) is 2.92. The van der Waals surface area contributed by atoms with Gasteiger partial charge in [0, 0.05) is 11.2 Å². The maximum Gasteiger partial charge on any atom is 0.498 e. The van der Waals surface area contributed by atoms with Gasteiger partial charge in [-0.1, -0.05) is 30.3 Å². The van der Waals surface area contributed by atoms with Crippen LogP contribution >= 0.6 is 0 Å². The normalized spacial score (nSPS) is 17.9. The molecule has 0 saturated carbocycles. The SMILES string of the molecule is CC(C)S(=O)(=O)Nc1ccc(OCc2ccccc2)c(B2OC(C)(C)C(C)(C)O2)c1. The number of benzene rings is 2. The zero-order valence-electron chi connectivity index (χ0n) is 18.4. The highest BCUT2D eigenvalue weighted by atomic mass is 32.2. The number of anilines is 1. The van der Waals surface area contributed by atoms with E-state index < -0.39 is 33.6 Å². The summed E-state index contributed by atoms with van der Waals surface area (Å²) in [5, 5.41) is -0.549. The summed E-state index contributed by atoms with van der Waals surface area (Å²) in [5.41, 5.74) is 1.07. The molecule has 1 fully saturated rings. The Kier molecular flexibility index (Phi) is 6.23. The topological polar surface area (TPSA) is 73.9 Å². The maximum absolute atomic E-state index is 12.3. The molecule has 0 spiro atoms. The first-order valence-corrected chi connectivity index (χ1v) is 11.6. The molecule has 1 heterocycles. The van der Waals surface area contributed by atoms with Crippen molar-refractivity contribution in [3.63, 3.8) is 0 Å². The average Bonchev–Trinajstić information content (AvgIpc) is 2.88. The van der Waals surface area contributed by atoms with E-state index in [1.165, 1.54) is 0 Å². The molecule has 8 heteroatoms. The van der Waals surface area contributed by atoms with Crippen LogP contribution in [0.5, 0.6) is 5.75 Å². The fourth-order valence-corrected chi connectivity index (χ4v) is 3.61. The number of rotatable bonds is 7. The van der Waals surface area contributed by atoms with Gasteiger partial charge in [-0.25, -0.2) is 8.42 Å². The van der Waals surface area contributed by atoms with Crippen LogP contribution in [-0.4, -0.2) is 32.0 Å². The Morgan fingerprint density at radius 3 is 2.17 bits per heavy atom. The molecule has 0 aromatic heterocycles. The molecule has 1 aliphatic heterocycles. The van der Waals surface area contributed by atoms with Crippen LogP contribution in [0.2, 0.25) is 0 Å². The molecule has 30 heavy (non-hydrogen) atoms. The number of hydrogen-bond donors (Lipinski definition) is 1. The van der Waals surface area contributed by atoms with Gasteiger partial charge in [-0.05, 0) is 65.3 Å². The van der Waals surface area contributed by atoms with Crippen molar-refractivity contribution < 1.29 is 22.5 Å². The zero-order chi connectivity index (χ0) is 22.2. The van der Waals surface area contributed by atoms with Gasteiger partial charge in [-0.3, -0.25) is 4.72 Å². The van der Waals surface area contributed by atoms with Crippen LogP contribution in [0.3, 0.4) is 0 Å². The van der Waals surface area contributed by atoms with Gasteiger partial charge in [0.25, 0.3) is 0 Å². The zero-order valence-corrected chi connectivity index (χ0v) is 19.2. The van der Waals surface area contributed by atoms with Gasteiger partial charge in [-0.15, -0.1) is 0 Å². The molecule has 0 atom stereocenters. The van der Waals surface area contributed by atoms with E-state index in [2.05, 4.69) is 4.72 Å². The Bertz CT molecular complexity index is 974. The molecule has 1 saturated heterocycles. The fraction of sp³-hybridized carbons (Fsp3) is 0.455. The lowest BCUT2D eigenvalue weighted by Crippen LogP contribution is -2.41. The maximum atomic E-state index is 12.3. The molecular formula is C22H30BNO5S. The van der Waals surface area contributed by atoms with Gasteiger partial charge in [0.05, 0.1) is 16.5 Å². The number of nitrogens with one attached hydrogen (secondary N) is 1. The van der Waals surface area contributed by atoms with E-state index in [0.717, 1.165) is 5.56 Å².